The van der Waals surface area contributed by atoms with Crippen LogP contribution in [0.1, 0.15) is 9.67 Å². The van der Waals surface area contributed by atoms with Gasteiger partial charge in [-0.3, -0.25) is 9.59 Å². The number of fused-ring (bicyclic) bond motifs is 1. The van der Waals surface area contributed by atoms with Crippen molar-refractivity contribution in [3.8, 4) is 5.75 Å². The van der Waals surface area contributed by atoms with E-state index in [0.717, 1.165) is 10.1 Å². The van der Waals surface area contributed by atoms with Gasteiger partial charge in [0, 0.05) is 10.1 Å². The number of hydrogen-bond donors (Lipinski definition) is 1. The fourth-order valence-electron chi connectivity index (χ4n) is 2.28. The molecule has 0 atom stereocenters. The standard InChI is InChI=1S/C19H16ClNO4S/c20-17-14-8-4-5-9-15(14)26-18(17)19(23)21-12-16(22)25-11-10-24-13-6-2-1-3-7-13/h1-9H,10-12H2,(H,21,23). The fraction of sp³-hybridized carbons (Fsp3) is 0.158. The van der Waals surface area contributed by atoms with Gasteiger partial charge in [0.25, 0.3) is 5.91 Å². The highest BCUT2D eigenvalue weighted by molar-refractivity contribution is 7.21. The number of para-hydroxylation sites is 1. The molecule has 1 amide bonds. The summed E-state index contributed by atoms with van der Waals surface area (Å²) in [5, 5.41) is 3.75. The zero-order chi connectivity index (χ0) is 18.4. The molecule has 1 aromatic heterocycles. The Balaban J connectivity index is 1.43. The van der Waals surface area contributed by atoms with Gasteiger partial charge < -0.3 is 14.8 Å². The third-order valence-electron chi connectivity index (χ3n) is 3.49. The molecule has 0 saturated heterocycles. The van der Waals surface area contributed by atoms with Crippen LogP contribution < -0.4 is 10.1 Å². The molecule has 0 unspecified atom stereocenters. The summed E-state index contributed by atoms with van der Waals surface area (Å²) >= 11 is 7.53. The predicted octanol–water partition coefficient (Wildman–Crippen LogP) is 3.91. The van der Waals surface area contributed by atoms with Crippen molar-refractivity contribution in [1.82, 2.24) is 5.32 Å². The molecule has 5 nitrogen and oxygen atoms in total. The zero-order valence-corrected chi connectivity index (χ0v) is 15.3. The molecule has 0 spiro atoms. The van der Waals surface area contributed by atoms with E-state index in [4.69, 9.17) is 21.1 Å². The summed E-state index contributed by atoms with van der Waals surface area (Å²) < 4.78 is 11.4. The van der Waals surface area contributed by atoms with Crippen molar-refractivity contribution in [2.24, 2.45) is 0 Å². The smallest absolute Gasteiger partial charge is 0.325 e. The molecule has 26 heavy (non-hydrogen) atoms. The fourth-order valence-corrected chi connectivity index (χ4v) is 3.71. The molecule has 0 fully saturated rings. The summed E-state index contributed by atoms with van der Waals surface area (Å²) in [4.78, 5) is 24.3. The van der Waals surface area contributed by atoms with Crippen LogP contribution >= 0.6 is 22.9 Å². The average molecular weight is 390 g/mol. The van der Waals surface area contributed by atoms with E-state index in [-0.39, 0.29) is 19.8 Å². The maximum atomic E-state index is 12.2. The highest BCUT2D eigenvalue weighted by Crippen LogP contribution is 2.34. The molecule has 1 heterocycles. The number of nitrogens with one attached hydrogen (secondary N) is 1. The lowest BCUT2D eigenvalue weighted by Crippen LogP contribution is -2.30. The van der Waals surface area contributed by atoms with Crippen molar-refractivity contribution in [2.75, 3.05) is 19.8 Å². The lowest BCUT2D eigenvalue weighted by molar-refractivity contribution is -0.143. The van der Waals surface area contributed by atoms with Gasteiger partial charge in [-0.2, -0.15) is 0 Å². The van der Waals surface area contributed by atoms with E-state index in [1.54, 1.807) is 0 Å². The molecular formula is C19H16ClNO4S. The third-order valence-corrected chi connectivity index (χ3v) is 5.17. The van der Waals surface area contributed by atoms with Crippen molar-refractivity contribution in [2.45, 2.75) is 0 Å². The molecule has 0 aliphatic rings. The summed E-state index contributed by atoms with van der Waals surface area (Å²) in [6.07, 6.45) is 0. The van der Waals surface area contributed by atoms with E-state index in [9.17, 15) is 9.59 Å². The van der Waals surface area contributed by atoms with E-state index in [1.807, 2.05) is 54.6 Å². The molecule has 0 bridgehead atoms. The van der Waals surface area contributed by atoms with Crippen LogP contribution in [-0.4, -0.2) is 31.6 Å². The monoisotopic (exact) mass is 389 g/mol. The molecule has 0 radical (unpaired) electrons. The minimum Gasteiger partial charge on any atom is -0.490 e. The summed E-state index contributed by atoms with van der Waals surface area (Å²) in [6.45, 7) is 0.119. The van der Waals surface area contributed by atoms with Crippen molar-refractivity contribution >= 4 is 44.9 Å². The average Bonchev–Trinajstić information content (AvgIpc) is 3.01. The molecule has 0 aliphatic carbocycles. The topological polar surface area (TPSA) is 64.6 Å². The molecule has 134 valence electrons. The Hall–Kier alpha value is -2.57. The van der Waals surface area contributed by atoms with E-state index in [0.29, 0.717) is 15.6 Å². The quantitative estimate of drug-likeness (QED) is 0.491. The van der Waals surface area contributed by atoms with Gasteiger partial charge in [0.2, 0.25) is 0 Å². The van der Waals surface area contributed by atoms with Crippen molar-refractivity contribution in [3.63, 3.8) is 0 Å². The van der Waals surface area contributed by atoms with Crippen molar-refractivity contribution in [3.05, 3.63) is 64.5 Å². The molecule has 2 aromatic carbocycles. The van der Waals surface area contributed by atoms with Crippen LogP contribution in [0.25, 0.3) is 10.1 Å². The predicted molar refractivity (Wildman–Crippen MR) is 102 cm³/mol. The number of halogens is 1. The number of carbonyl (C=O) groups excluding carboxylic acids is 2. The first-order valence-electron chi connectivity index (χ1n) is 7.94. The second-order valence-corrected chi connectivity index (χ2v) is 6.74. The van der Waals surface area contributed by atoms with Gasteiger partial charge in [-0.05, 0) is 18.2 Å². The lowest BCUT2D eigenvalue weighted by atomic mass is 10.2. The maximum Gasteiger partial charge on any atom is 0.325 e. The second-order valence-electron chi connectivity index (χ2n) is 5.31. The van der Waals surface area contributed by atoms with E-state index in [2.05, 4.69) is 5.32 Å². The van der Waals surface area contributed by atoms with Gasteiger partial charge >= 0.3 is 5.97 Å². The minimum atomic E-state index is -0.535. The molecule has 3 aromatic rings. The number of esters is 1. The normalized spacial score (nSPS) is 10.5. The summed E-state index contributed by atoms with van der Waals surface area (Å²) in [7, 11) is 0. The van der Waals surface area contributed by atoms with Crippen molar-refractivity contribution in [1.29, 1.82) is 0 Å². The summed E-state index contributed by atoms with van der Waals surface area (Å²) in [5.74, 6) is -0.225. The summed E-state index contributed by atoms with van der Waals surface area (Å²) in [6, 6.07) is 16.7. The molecule has 0 saturated carbocycles. The Morgan fingerprint density at radius 2 is 1.73 bits per heavy atom. The van der Waals surface area contributed by atoms with E-state index >= 15 is 0 Å². The first-order chi connectivity index (χ1) is 12.6. The maximum absolute atomic E-state index is 12.2. The SMILES string of the molecule is O=C(CNC(=O)c1sc2ccccc2c1Cl)OCCOc1ccccc1. The number of hydrogen-bond acceptors (Lipinski definition) is 5. The number of thiophene rings is 1. The third kappa shape index (κ3) is 4.53. The number of carbonyl (C=O) groups is 2. The van der Waals surface area contributed by atoms with Crippen LogP contribution in [0.5, 0.6) is 5.75 Å². The minimum absolute atomic E-state index is 0.104. The number of amides is 1. The zero-order valence-electron chi connectivity index (χ0n) is 13.7. The first kappa shape index (κ1) is 18.2. The lowest BCUT2D eigenvalue weighted by Gasteiger charge is -2.08. The van der Waals surface area contributed by atoms with Gasteiger partial charge in [0.15, 0.2) is 0 Å². The Labute approximate surface area is 159 Å². The Bertz CT molecular complexity index is 910. The van der Waals surface area contributed by atoms with Crippen LogP contribution in [0.3, 0.4) is 0 Å². The number of ether oxygens (including phenoxy) is 2. The molecular weight excluding hydrogens is 374 g/mol. The highest BCUT2D eigenvalue weighted by Gasteiger charge is 2.17. The van der Waals surface area contributed by atoms with Crippen LogP contribution in [0, 0.1) is 0 Å². The molecule has 3 rings (SSSR count). The van der Waals surface area contributed by atoms with Crippen molar-refractivity contribution < 1.29 is 19.1 Å². The number of rotatable bonds is 7. The number of benzene rings is 2. The van der Waals surface area contributed by atoms with Gasteiger partial charge in [-0.25, -0.2) is 0 Å². The Morgan fingerprint density at radius 1 is 1.00 bits per heavy atom. The highest BCUT2D eigenvalue weighted by atomic mass is 35.5. The second kappa shape index (κ2) is 8.69. The molecule has 7 heteroatoms. The van der Waals surface area contributed by atoms with Crippen LogP contribution in [0.2, 0.25) is 5.02 Å². The van der Waals surface area contributed by atoms with Crippen LogP contribution in [-0.2, 0) is 9.53 Å². The van der Waals surface area contributed by atoms with E-state index < -0.39 is 11.9 Å². The van der Waals surface area contributed by atoms with Gasteiger partial charge in [0.1, 0.15) is 30.4 Å². The van der Waals surface area contributed by atoms with Crippen LogP contribution in [0.4, 0.5) is 0 Å². The molecule has 1 N–H and O–H groups in total. The van der Waals surface area contributed by atoms with Gasteiger partial charge in [-0.15, -0.1) is 11.3 Å². The molecule has 0 aliphatic heterocycles. The van der Waals surface area contributed by atoms with Gasteiger partial charge in [0.05, 0.1) is 5.02 Å². The first-order valence-corrected chi connectivity index (χ1v) is 9.13. The van der Waals surface area contributed by atoms with Gasteiger partial charge in [-0.1, -0.05) is 48.0 Å². The van der Waals surface area contributed by atoms with E-state index in [1.165, 1.54) is 11.3 Å². The summed E-state index contributed by atoms with van der Waals surface area (Å²) in [5.41, 5.74) is 0. The van der Waals surface area contributed by atoms with Crippen LogP contribution in [0.15, 0.2) is 54.6 Å². The Kier molecular flexibility index (Phi) is 6.09. The Morgan fingerprint density at radius 3 is 2.50 bits per heavy atom. The largest absolute Gasteiger partial charge is 0.490 e.